The van der Waals surface area contributed by atoms with Gasteiger partial charge in [0.1, 0.15) is 5.58 Å². The van der Waals surface area contributed by atoms with Crippen LogP contribution in [0.25, 0.3) is 66.0 Å². The van der Waals surface area contributed by atoms with Crippen molar-refractivity contribution >= 4 is 70.0 Å². The maximum atomic E-state index is 6.46. The normalized spacial score (nSPS) is 11.8. The third-order valence-corrected chi connectivity index (χ3v) is 12.9. The Bertz CT molecular complexity index is 2370. The molecule has 0 saturated heterocycles. The second-order valence-corrected chi connectivity index (χ2v) is 24.3. The van der Waals surface area contributed by atoms with Crippen molar-refractivity contribution in [2.24, 2.45) is 0 Å². The first-order valence-corrected chi connectivity index (χ1v) is 23.2. The van der Waals surface area contributed by atoms with Crippen molar-refractivity contribution in [1.82, 2.24) is 9.97 Å². The molecule has 0 atom stereocenters. The third-order valence-electron chi connectivity index (χ3n) is 8.79. The smallest absolute Gasteiger partial charge is 0.121 e. The standard InChI is InChI=1S/C28H22NOSi.C14H16NSi.Ir/c1-31(2,3)20-13-14-29-26(16-20)23-10-6-9-22-25-15-19-12-11-18-7-4-5-8-21(18)24(19)17-27(25)30-28(22)23;1-16(2,3)13-9-10-14(15-11-13)12-7-5-4-6-8-12;/h4-9,11-17H,1-3H3;4-7,9-11H,1-3H3;/q2*-1;. The van der Waals surface area contributed by atoms with E-state index in [0.717, 1.165) is 44.5 Å². The Morgan fingerprint density at radius 2 is 1.33 bits per heavy atom. The molecule has 48 heavy (non-hydrogen) atoms. The van der Waals surface area contributed by atoms with E-state index in [-0.39, 0.29) is 20.1 Å². The Morgan fingerprint density at radius 3 is 2.06 bits per heavy atom. The summed E-state index contributed by atoms with van der Waals surface area (Å²) in [6, 6.07) is 44.6. The topological polar surface area (TPSA) is 38.9 Å². The van der Waals surface area contributed by atoms with Crippen LogP contribution in [-0.4, -0.2) is 26.1 Å². The van der Waals surface area contributed by atoms with Crippen molar-refractivity contribution in [3.8, 4) is 22.5 Å². The molecule has 0 aliphatic rings. The fourth-order valence-electron chi connectivity index (χ4n) is 6.02. The van der Waals surface area contributed by atoms with Crippen molar-refractivity contribution in [1.29, 1.82) is 0 Å². The molecule has 241 valence electrons. The van der Waals surface area contributed by atoms with E-state index in [1.807, 2.05) is 42.7 Å². The zero-order valence-corrected chi connectivity index (χ0v) is 32.6. The molecule has 1 radical (unpaired) electrons. The fourth-order valence-corrected chi connectivity index (χ4v) is 8.20. The summed E-state index contributed by atoms with van der Waals surface area (Å²) in [5.41, 5.74) is 5.69. The molecule has 8 aromatic rings. The van der Waals surface area contributed by atoms with Gasteiger partial charge in [0.05, 0.1) is 21.7 Å². The van der Waals surface area contributed by atoms with Gasteiger partial charge in [-0.1, -0.05) is 110 Å². The molecule has 3 heterocycles. The summed E-state index contributed by atoms with van der Waals surface area (Å²) in [6.45, 7) is 14.1. The second kappa shape index (κ2) is 13.4. The first kappa shape index (κ1) is 33.7. The second-order valence-electron chi connectivity index (χ2n) is 14.2. The molecule has 0 amide bonds. The average Bonchev–Trinajstić information content (AvgIpc) is 3.45. The molecular formula is C42H38IrN2OSi2-2. The molecule has 6 heteroatoms. The van der Waals surface area contributed by atoms with Gasteiger partial charge in [-0.2, -0.15) is 0 Å². The van der Waals surface area contributed by atoms with Crippen molar-refractivity contribution < 1.29 is 24.5 Å². The zero-order valence-electron chi connectivity index (χ0n) is 28.2. The molecule has 0 aliphatic carbocycles. The molecule has 3 aromatic heterocycles. The number of rotatable bonds is 4. The molecule has 0 saturated carbocycles. The maximum Gasteiger partial charge on any atom is 0.121 e. The average molecular weight is 835 g/mol. The van der Waals surface area contributed by atoms with E-state index >= 15 is 0 Å². The molecule has 0 fully saturated rings. The summed E-state index contributed by atoms with van der Waals surface area (Å²) in [7, 11) is -2.67. The van der Waals surface area contributed by atoms with Crippen LogP contribution < -0.4 is 10.4 Å². The molecule has 0 N–H and O–H groups in total. The minimum atomic E-state index is -1.44. The maximum absolute atomic E-state index is 6.46. The summed E-state index contributed by atoms with van der Waals surface area (Å²) in [5, 5.41) is 9.96. The predicted molar refractivity (Wildman–Crippen MR) is 205 cm³/mol. The first-order chi connectivity index (χ1) is 22.6. The van der Waals surface area contributed by atoms with Crippen LogP contribution in [0.1, 0.15) is 0 Å². The number of pyridine rings is 2. The van der Waals surface area contributed by atoms with E-state index in [2.05, 4.69) is 140 Å². The van der Waals surface area contributed by atoms with Crippen LogP contribution in [0.4, 0.5) is 0 Å². The molecule has 0 bridgehead atoms. The Labute approximate surface area is 298 Å². The van der Waals surface area contributed by atoms with E-state index < -0.39 is 16.1 Å². The van der Waals surface area contributed by atoms with Gasteiger partial charge in [0.25, 0.3) is 0 Å². The van der Waals surface area contributed by atoms with E-state index in [0.29, 0.717) is 0 Å². The first-order valence-electron chi connectivity index (χ1n) is 16.2. The molecular weight excluding hydrogens is 797 g/mol. The summed E-state index contributed by atoms with van der Waals surface area (Å²) in [6.07, 6.45) is 3.93. The van der Waals surface area contributed by atoms with Crippen molar-refractivity contribution in [3.05, 3.63) is 134 Å². The Balaban J connectivity index is 0.000000201. The predicted octanol–water partition coefficient (Wildman–Crippen LogP) is 10.4. The number of nitrogens with zero attached hydrogens (tertiary/aromatic N) is 2. The summed E-state index contributed by atoms with van der Waals surface area (Å²) < 4.78 is 6.46. The van der Waals surface area contributed by atoms with Crippen molar-refractivity contribution in [2.75, 3.05) is 0 Å². The minimum Gasteiger partial charge on any atom is -0.501 e. The summed E-state index contributed by atoms with van der Waals surface area (Å²) >= 11 is 0. The molecule has 0 unspecified atom stereocenters. The van der Waals surface area contributed by atoms with Crippen LogP contribution in [0.5, 0.6) is 0 Å². The van der Waals surface area contributed by atoms with E-state index in [1.54, 1.807) is 0 Å². The van der Waals surface area contributed by atoms with Gasteiger partial charge in [0.2, 0.25) is 0 Å². The van der Waals surface area contributed by atoms with E-state index in [4.69, 9.17) is 4.42 Å². The van der Waals surface area contributed by atoms with Gasteiger partial charge in [-0.25, -0.2) is 0 Å². The summed E-state index contributed by atoms with van der Waals surface area (Å²) in [4.78, 5) is 9.19. The van der Waals surface area contributed by atoms with Crippen LogP contribution in [-0.2, 0) is 20.1 Å². The van der Waals surface area contributed by atoms with Gasteiger partial charge in [-0.3, -0.25) is 0 Å². The minimum absolute atomic E-state index is 0. The van der Waals surface area contributed by atoms with E-state index in [9.17, 15) is 0 Å². The Kier molecular flexibility index (Phi) is 9.38. The largest absolute Gasteiger partial charge is 0.501 e. The molecule has 3 nitrogen and oxygen atoms in total. The van der Waals surface area contributed by atoms with Gasteiger partial charge >= 0.3 is 0 Å². The number of aromatic nitrogens is 2. The number of fused-ring (bicyclic) bond motifs is 6. The SMILES string of the molecule is C[Si](C)(C)c1ccc(-c2[c-]cccc2)nc1.C[Si](C)(C)c1ccnc(-c2[c-]ccc3c2oc2cc4c(ccc5ccccc54)cc23)c1.[Ir]. The van der Waals surface area contributed by atoms with Gasteiger partial charge in [-0.05, 0) is 56.3 Å². The summed E-state index contributed by atoms with van der Waals surface area (Å²) in [5.74, 6) is 0. The molecule has 0 aliphatic heterocycles. The number of benzene rings is 5. The van der Waals surface area contributed by atoms with Crippen molar-refractivity contribution in [2.45, 2.75) is 39.3 Å². The number of furan rings is 1. The third kappa shape index (κ3) is 6.72. The van der Waals surface area contributed by atoms with Crippen molar-refractivity contribution in [3.63, 3.8) is 0 Å². The Hall–Kier alpha value is -4.20. The molecule has 0 spiro atoms. The van der Waals surface area contributed by atoms with Crippen LogP contribution in [0.3, 0.4) is 0 Å². The molecule has 8 rings (SSSR count). The fraction of sp³-hybridized carbons (Fsp3) is 0.143. The van der Waals surface area contributed by atoms with Gasteiger partial charge in [-0.15, -0.1) is 54.1 Å². The zero-order chi connectivity index (χ0) is 32.8. The monoisotopic (exact) mass is 835 g/mol. The molecule has 5 aromatic carbocycles. The van der Waals surface area contributed by atoms with Gasteiger partial charge in [0.15, 0.2) is 0 Å². The Morgan fingerprint density at radius 1 is 0.562 bits per heavy atom. The quantitative estimate of drug-likeness (QED) is 0.101. The van der Waals surface area contributed by atoms with Crippen LogP contribution >= 0.6 is 0 Å². The van der Waals surface area contributed by atoms with Crippen LogP contribution in [0, 0.1) is 12.1 Å². The van der Waals surface area contributed by atoms with E-state index in [1.165, 1.54) is 31.9 Å². The number of hydrogen-bond acceptors (Lipinski definition) is 3. The van der Waals surface area contributed by atoms with Gasteiger partial charge < -0.3 is 14.4 Å². The van der Waals surface area contributed by atoms with Crippen LogP contribution in [0.15, 0.2) is 126 Å². The number of hydrogen-bond donors (Lipinski definition) is 0. The van der Waals surface area contributed by atoms with Crippen LogP contribution in [0.2, 0.25) is 39.3 Å². The van der Waals surface area contributed by atoms with Gasteiger partial charge in [0, 0.05) is 37.9 Å².